The van der Waals surface area contributed by atoms with Gasteiger partial charge in [0, 0.05) is 22.2 Å². The predicted molar refractivity (Wildman–Crippen MR) is 126 cm³/mol. The molecule has 0 fully saturated rings. The molecule has 1 N–H and O–H groups in total. The fourth-order valence-corrected chi connectivity index (χ4v) is 4.36. The van der Waals surface area contributed by atoms with Gasteiger partial charge < -0.3 is 10.1 Å². The third kappa shape index (κ3) is 4.10. The molecule has 0 radical (unpaired) electrons. The van der Waals surface area contributed by atoms with Crippen LogP contribution < -0.4 is 15.0 Å². The lowest BCUT2D eigenvalue weighted by Crippen LogP contribution is -2.43. The molecule has 7 heteroatoms. The Kier molecular flexibility index (Phi) is 5.39. The van der Waals surface area contributed by atoms with Gasteiger partial charge in [-0.25, -0.2) is 4.98 Å². The van der Waals surface area contributed by atoms with E-state index in [4.69, 9.17) is 9.72 Å². The van der Waals surface area contributed by atoms with Crippen LogP contribution in [0.1, 0.15) is 0 Å². The van der Waals surface area contributed by atoms with Gasteiger partial charge in [-0.2, -0.15) is 0 Å². The molecule has 0 spiro atoms. The minimum Gasteiger partial charge on any atom is -0.482 e. The number of ether oxygens (including phenoxy) is 1. The topological polar surface area (TPSA) is 71.5 Å². The second kappa shape index (κ2) is 8.64. The van der Waals surface area contributed by atoms with E-state index in [1.54, 1.807) is 23.5 Å². The summed E-state index contributed by atoms with van der Waals surface area (Å²) in [7, 11) is 0. The fraction of sp³-hybridized carbons (Fsp3) is 0.0800. The van der Waals surface area contributed by atoms with Crippen LogP contribution in [0.5, 0.6) is 5.75 Å². The van der Waals surface area contributed by atoms with Crippen molar-refractivity contribution < 1.29 is 14.3 Å². The summed E-state index contributed by atoms with van der Waals surface area (Å²) in [5, 5.41) is 5.73. The quantitative estimate of drug-likeness (QED) is 0.481. The van der Waals surface area contributed by atoms with Crippen LogP contribution in [0.2, 0.25) is 0 Å². The zero-order valence-corrected chi connectivity index (χ0v) is 17.8. The van der Waals surface area contributed by atoms with Crippen LogP contribution in [-0.4, -0.2) is 29.9 Å². The van der Waals surface area contributed by atoms with Crippen molar-refractivity contribution in [3.63, 3.8) is 0 Å². The molecule has 0 unspecified atom stereocenters. The molecule has 1 aliphatic heterocycles. The molecule has 0 saturated carbocycles. The lowest BCUT2D eigenvalue weighted by molar-refractivity contribution is -0.123. The van der Waals surface area contributed by atoms with Gasteiger partial charge in [-0.15, -0.1) is 11.3 Å². The first-order chi connectivity index (χ1) is 15.7. The van der Waals surface area contributed by atoms with Gasteiger partial charge in [0.2, 0.25) is 5.91 Å². The molecule has 0 aliphatic carbocycles. The number of thiazole rings is 1. The van der Waals surface area contributed by atoms with Crippen LogP contribution >= 0.6 is 11.3 Å². The zero-order chi connectivity index (χ0) is 21.9. The van der Waals surface area contributed by atoms with Gasteiger partial charge in [0.05, 0.1) is 11.4 Å². The number of carbonyl (C=O) groups is 2. The van der Waals surface area contributed by atoms with Crippen LogP contribution in [0, 0.1) is 0 Å². The standard InChI is InChI=1S/C25H19N3O3S/c29-23(26-19-9-5-2-6-10-19)14-28-21-13-18(11-12-22(21)31-15-24(28)30)20-16-32-25(27-20)17-7-3-1-4-8-17/h1-13,16H,14-15H2,(H,26,29). The summed E-state index contributed by atoms with van der Waals surface area (Å²) in [5.41, 5.74) is 3.97. The van der Waals surface area contributed by atoms with E-state index >= 15 is 0 Å². The Labute approximate surface area is 189 Å². The lowest BCUT2D eigenvalue weighted by atomic mass is 10.1. The van der Waals surface area contributed by atoms with Crippen LogP contribution in [0.15, 0.2) is 84.2 Å². The first-order valence-corrected chi connectivity index (χ1v) is 11.0. The van der Waals surface area contributed by atoms with Crippen molar-refractivity contribution in [2.45, 2.75) is 0 Å². The van der Waals surface area contributed by atoms with Crippen LogP contribution in [0.4, 0.5) is 11.4 Å². The molecule has 6 nitrogen and oxygen atoms in total. The van der Waals surface area contributed by atoms with Crippen molar-refractivity contribution in [1.82, 2.24) is 4.98 Å². The SMILES string of the molecule is O=C(CN1C(=O)COc2ccc(-c3csc(-c4ccccc4)n3)cc21)Nc1ccccc1. The second-order valence-electron chi connectivity index (χ2n) is 7.27. The normalized spacial score (nSPS) is 12.8. The molecule has 32 heavy (non-hydrogen) atoms. The summed E-state index contributed by atoms with van der Waals surface area (Å²) in [6, 6.07) is 24.7. The number of benzene rings is 3. The van der Waals surface area contributed by atoms with Gasteiger partial charge in [-0.3, -0.25) is 14.5 Å². The number of nitrogens with zero attached hydrogens (tertiary/aromatic N) is 2. The van der Waals surface area contributed by atoms with Crippen molar-refractivity contribution in [2.24, 2.45) is 0 Å². The molecule has 1 aromatic heterocycles. The molecule has 5 rings (SSSR count). The third-order valence-electron chi connectivity index (χ3n) is 5.08. The molecule has 4 aromatic rings. The number of carbonyl (C=O) groups excluding carboxylic acids is 2. The average Bonchev–Trinajstić information content (AvgIpc) is 3.32. The lowest BCUT2D eigenvalue weighted by Gasteiger charge is -2.29. The second-order valence-corrected chi connectivity index (χ2v) is 8.13. The Hall–Kier alpha value is -3.97. The van der Waals surface area contributed by atoms with Gasteiger partial charge in [-0.05, 0) is 30.3 Å². The maximum Gasteiger partial charge on any atom is 0.265 e. The molecule has 1 aliphatic rings. The van der Waals surface area contributed by atoms with Gasteiger partial charge in [0.1, 0.15) is 17.3 Å². The highest BCUT2D eigenvalue weighted by atomic mass is 32.1. The van der Waals surface area contributed by atoms with Crippen molar-refractivity contribution in [2.75, 3.05) is 23.4 Å². The fourth-order valence-electron chi connectivity index (χ4n) is 3.52. The van der Waals surface area contributed by atoms with Crippen molar-refractivity contribution in [3.05, 3.63) is 84.2 Å². The Morgan fingerprint density at radius 1 is 1.00 bits per heavy atom. The monoisotopic (exact) mass is 441 g/mol. The largest absolute Gasteiger partial charge is 0.482 e. The first-order valence-electron chi connectivity index (χ1n) is 10.1. The molecule has 3 aromatic carbocycles. The summed E-state index contributed by atoms with van der Waals surface area (Å²) in [6.45, 7) is -0.195. The zero-order valence-electron chi connectivity index (χ0n) is 17.0. The van der Waals surface area contributed by atoms with E-state index < -0.39 is 0 Å². The van der Waals surface area contributed by atoms with E-state index in [0.29, 0.717) is 17.1 Å². The number of aromatic nitrogens is 1. The summed E-state index contributed by atoms with van der Waals surface area (Å²) in [5.74, 6) is 0.0308. The van der Waals surface area contributed by atoms with E-state index in [-0.39, 0.29) is 25.0 Å². The van der Waals surface area contributed by atoms with E-state index in [1.807, 2.05) is 72.1 Å². The van der Waals surface area contributed by atoms with Crippen molar-refractivity contribution >= 4 is 34.5 Å². The summed E-state index contributed by atoms with van der Waals surface area (Å²) >= 11 is 1.56. The Morgan fingerprint density at radius 3 is 2.53 bits per heavy atom. The van der Waals surface area contributed by atoms with E-state index in [1.165, 1.54) is 4.90 Å². The maximum absolute atomic E-state index is 12.6. The molecule has 0 atom stereocenters. The summed E-state index contributed by atoms with van der Waals surface area (Å²) in [4.78, 5) is 31.4. The molecular weight excluding hydrogens is 422 g/mol. The Morgan fingerprint density at radius 2 is 1.75 bits per heavy atom. The Balaban J connectivity index is 1.41. The van der Waals surface area contributed by atoms with E-state index in [0.717, 1.165) is 21.8 Å². The number of fused-ring (bicyclic) bond motifs is 1. The molecule has 158 valence electrons. The smallest absolute Gasteiger partial charge is 0.265 e. The number of hydrogen-bond donors (Lipinski definition) is 1. The van der Waals surface area contributed by atoms with Gasteiger partial charge >= 0.3 is 0 Å². The number of hydrogen-bond acceptors (Lipinski definition) is 5. The minimum atomic E-state index is -0.275. The number of para-hydroxylation sites is 1. The molecule has 2 heterocycles. The number of rotatable bonds is 5. The van der Waals surface area contributed by atoms with Crippen LogP contribution in [0.3, 0.4) is 0 Å². The first kappa shape index (κ1) is 20.0. The van der Waals surface area contributed by atoms with Crippen molar-refractivity contribution in [3.8, 4) is 27.6 Å². The molecule has 2 amide bonds. The molecular formula is C25H19N3O3S. The van der Waals surface area contributed by atoms with Crippen molar-refractivity contribution in [1.29, 1.82) is 0 Å². The molecule has 0 saturated heterocycles. The Bertz CT molecular complexity index is 1270. The summed E-state index contributed by atoms with van der Waals surface area (Å²) < 4.78 is 5.59. The highest BCUT2D eigenvalue weighted by molar-refractivity contribution is 7.13. The van der Waals surface area contributed by atoms with Gasteiger partial charge in [0.15, 0.2) is 6.61 Å². The number of anilines is 2. The third-order valence-corrected chi connectivity index (χ3v) is 5.97. The summed E-state index contributed by atoms with van der Waals surface area (Å²) in [6.07, 6.45) is 0. The minimum absolute atomic E-state index is 0.0973. The number of nitrogens with one attached hydrogen (secondary N) is 1. The van der Waals surface area contributed by atoms with Gasteiger partial charge in [0.25, 0.3) is 5.91 Å². The van der Waals surface area contributed by atoms with E-state index in [9.17, 15) is 9.59 Å². The highest BCUT2D eigenvalue weighted by Gasteiger charge is 2.28. The van der Waals surface area contributed by atoms with Crippen LogP contribution in [-0.2, 0) is 9.59 Å². The van der Waals surface area contributed by atoms with Crippen LogP contribution in [0.25, 0.3) is 21.8 Å². The average molecular weight is 442 g/mol. The molecule has 0 bridgehead atoms. The van der Waals surface area contributed by atoms with Gasteiger partial charge in [-0.1, -0.05) is 48.5 Å². The number of amides is 2. The predicted octanol–water partition coefficient (Wildman–Crippen LogP) is 4.84. The van der Waals surface area contributed by atoms with E-state index in [2.05, 4.69) is 5.32 Å². The highest BCUT2D eigenvalue weighted by Crippen LogP contribution is 2.37. The maximum atomic E-state index is 12.6.